The third-order valence-electron chi connectivity index (χ3n) is 1.88. The maximum absolute atomic E-state index is 8.78. The van der Waals surface area contributed by atoms with Crippen molar-refractivity contribution in [1.82, 2.24) is 0 Å². The Morgan fingerprint density at radius 1 is 1.55 bits per heavy atom. The van der Waals surface area contributed by atoms with Crippen molar-refractivity contribution in [2.75, 3.05) is 0 Å². The molecule has 0 saturated heterocycles. The molecule has 1 N–H and O–H groups in total. The van der Waals surface area contributed by atoms with Crippen LogP contribution < -0.4 is 0 Å². The van der Waals surface area contributed by atoms with Gasteiger partial charge in [0, 0.05) is 5.57 Å². The number of rotatable bonds is 3. The zero-order valence-corrected chi connectivity index (χ0v) is 6.88. The van der Waals surface area contributed by atoms with E-state index in [2.05, 4.69) is 13.0 Å². The summed E-state index contributed by atoms with van der Waals surface area (Å²) in [6, 6.07) is 0. The predicted octanol–water partition coefficient (Wildman–Crippen LogP) is 3.11. The van der Waals surface area contributed by atoms with Crippen molar-refractivity contribution in [2.24, 2.45) is 0 Å². The summed E-state index contributed by atoms with van der Waals surface area (Å²) in [6.45, 7) is 2.17. The first-order valence-electron chi connectivity index (χ1n) is 4.10. The zero-order chi connectivity index (χ0) is 8.10. The van der Waals surface area contributed by atoms with E-state index in [1.54, 1.807) is 0 Å². The van der Waals surface area contributed by atoms with Crippen LogP contribution in [0.4, 0.5) is 0 Å². The number of aliphatic hydroxyl groups is 1. The summed E-state index contributed by atoms with van der Waals surface area (Å²) in [7, 11) is 0. The Morgan fingerprint density at radius 2 is 2.36 bits per heavy atom. The maximum atomic E-state index is 8.78. The van der Waals surface area contributed by atoms with E-state index in [4.69, 9.17) is 5.11 Å². The molecule has 1 heteroatoms. The Morgan fingerprint density at radius 3 is 3.00 bits per heavy atom. The van der Waals surface area contributed by atoms with Crippen LogP contribution >= 0.6 is 0 Å². The molecule has 1 nitrogen and oxygen atoms in total. The second-order valence-electron chi connectivity index (χ2n) is 2.74. The molecular weight excluding hydrogens is 136 g/mol. The molecule has 0 aliphatic heterocycles. The van der Waals surface area contributed by atoms with Crippen LogP contribution in [0.2, 0.25) is 0 Å². The van der Waals surface area contributed by atoms with Crippen LogP contribution in [-0.2, 0) is 0 Å². The van der Waals surface area contributed by atoms with Gasteiger partial charge in [0.05, 0.1) is 6.26 Å². The minimum absolute atomic E-state index is 0.971. The molecule has 60 valence electrons. The van der Waals surface area contributed by atoms with E-state index in [0.29, 0.717) is 0 Å². The highest BCUT2D eigenvalue weighted by atomic mass is 16.2. The molecule has 0 unspecified atom stereocenters. The third-order valence-corrected chi connectivity index (χ3v) is 1.88. The lowest BCUT2D eigenvalue weighted by atomic mass is 10.1. The van der Waals surface area contributed by atoms with Crippen LogP contribution in [0, 0.1) is 0 Å². The van der Waals surface area contributed by atoms with E-state index < -0.39 is 0 Å². The highest BCUT2D eigenvalue weighted by molar-refractivity contribution is 5.47. The number of unbranched alkanes of at least 4 members (excludes halogenated alkanes) is 1. The lowest BCUT2D eigenvalue weighted by Crippen LogP contribution is -1.83. The van der Waals surface area contributed by atoms with E-state index >= 15 is 0 Å². The Bertz CT molecular complexity index is 209. The standard InChI is InChI=1S/C10H14O/c1-2-3-5-9-6-4-7-10(9)8-11/h4,6-8,11H,2-3,5H2,1H3/b10-8+. The molecule has 0 heterocycles. The van der Waals surface area contributed by atoms with Crippen molar-refractivity contribution in [3.8, 4) is 0 Å². The minimum atomic E-state index is 0.971. The number of allylic oxidation sites excluding steroid dienone is 5. The SMILES string of the molecule is CCCCC1=CC=C/C1=C\O. The van der Waals surface area contributed by atoms with Crippen LogP contribution in [0.3, 0.4) is 0 Å². The normalized spacial score (nSPS) is 19.4. The Hall–Kier alpha value is -0.980. The fourth-order valence-corrected chi connectivity index (χ4v) is 1.19. The maximum Gasteiger partial charge on any atom is 0.0866 e. The number of hydrogen-bond donors (Lipinski definition) is 1. The lowest BCUT2D eigenvalue weighted by Gasteiger charge is -2.01. The van der Waals surface area contributed by atoms with Crippen LogP contribution in [-0.4, -0.2) is 5.11 Å². The van der Waals surface area contributed by atoms with Crippen LogP contribution in [0.1, 0.15) is 26.2 Å². The van der Waals surface area contributed by atoms with Gasteiger partial charge in [-0.05, 0) is 18.4 Å². The van der Waals surface area contributed by atoms with Gasteiger partial charge in [-0.15, -0.1) is 0 Å². The van der Waals surface area contributed by atoms with Gasteiger partial charge < -0.3 is 5.11 Å². The van der Waals surface area contributed by atoms with Crippen molar-refractivity contribution in [2.45, 2.75) is 26.2 Å². The number of hydrogen-bond acceptors (Lipinski definition) is 1. The second-order valence-corrected chi connectivity index (χ2v) is 2.74. The summed E-state index contributed by atoms with van der Waals surface area (Å²) in [5.41, 5.74) is 2.23. The molecule has 0 saturated carbocycles. The van der Waals surface area contributed by atoms with Gasteiger partial charge in [0.15, 0.2) is 0 Å². The molecule has 0 aromatic rings. The molecule has 0 atom stereocenters. The van der Waals surface area contributed by atoms with Gasteiger partial charge in [0.25, 0.3) is 0 Å². The predicted molar refractivity (Wildman–Crippen MR) is 47.5 cm³/mol. The van der Waals surface area contributed by atoms with E-state index in [1.807, 2.05) is 12.2 Å². The van der Waals surface area contributed by atoms with E-state index in [-0.39, 0.29) is 0 Å². The van der Waals surface area contributed by atoms with Crippen LogP contribution in [0.5, 0.6) is 0 Å². The van der Waals surface area contributed by atoms with Crippen molar-refractivity contribution >= 4 is 0 Å². The average Bonchev–Trinajstić information content (AvgIpc) is 2.47. The second kappa shape index (κ2) is 4.02. The molecule has 1 rings (SSSR count). The zero-order valence-electron chi connectivity index (χ0n) is 6.88. The van der Waals surface area contributed by atoms with Crippen molar-refractivity contribution in [1.29, 1.82) is 0 Å². The molecule has 0 fully saturated rings. The van der Waals surface area contributed by atoms with Crippen molar-refractivity contribution in [3.05, 3.63) is 35.6 Å². The van der Waals surface area contributed by atoms with Gasteiger partial charge >= 0.3 is 0 Å². The molecule has 1 aliphatic rings. The molecule has 1 aliphatic carbocycles. The fraction of sp³-hybridized carbons (Fsp3) is 0.400. The summed E-state index contributed by atoms with van der Waals surface area (Å²) in [4.78, 5) is 0. The molecular formula is C10H14O. The minimum Gasteiger partial charge on any atom is -0.515 e. The Balaban J connectivity index is 2.48. The summed E-state index contributed by atoms with van der Waals surface area (Å²) in [5.74, 6) is 0. The number of aliphatic hydroxyl groups excluding tert-OH is 1. The van der Waals surface area contributed by atoms with Gasteiger partial charge in [-0.25, -0.2) is 0 Å². The summed E-state index contributed by atoms with van der Waals surface area (Å²) >= 11 is 0. The van der Waals surface area contributed by atoms with E-state index in [1.165, 1.54) is 24.7 Å². The van der Waals surface area contributed by atoms with Crippen molar-refractivity contribution in [3.63, 3.8) is 0 Å². The molecule has 11 heavy (non-hydrogen) atoms. The largest absolute Gasteiger partial charge is 0.515 e. The van der Waals surface area contributed by atoms with E-state index in [9.17, 15) is 0 Å². The first-order chi connectivity index (χ1) is 5.38. The molecule has 0 aromatic carbocycles. The van der Waals surface area contributed by atoms with Gasteiger partial charge in [-0.2, -0.15) is 0 Å². The first kappa shape index (κ1) is 8.12. The summed E-state index contributed by atoms with van der Waals surface area (Å²) in [6.07, 6.45) is 10.7. The highest BCUT2D eigenvalue weighted by Gasteiger charge is 2.04. The Kier molecular flexibility index (Phi) is 2.96. The summed E-state index contributed by atoms with van der Waals surface area (Å²) < 4.78 is 0. The van der Waals surface area contributed by atoms with Gasteiger partial charge in [0.2, 0.25) is 0 Å². The average molecular weight is 150 g/mol. The summed E-state index contributed by atoms with van der Waals surface area (Å²) in [5, 5.41) is 8.78. The van der Waals surface area contributed by atoms with Crippen LogP contribution in [0.15, 0.2) is 35.6 Å². The van der Waals surface area contributed by atoms with Crippen molar-refractivity contribution < 1.29 is 5.11 Å². The highest BCUT2D eigenvalue weighted by Crippen LogP contribution is 2.22. The fourth-order valence-electron chi connectivity index (χ4n) is 1.19. The first-order valence-corrected chi connectivity index (χ1v) is 4.10. The quantitative estimate of drug-likeness (QED) is 0.613. The van der Waals surface area contributed by atoms with Gasteiger partial charge in [-0.1, -0.05) is 31.6 Å². The van der Waals surface area contributed by atoms with E-state index in [0.717, 1.165) is 12.0 Å². The third kappa shape index (κ3) is 1.97. The monoisotopic (exact) mass is 150 g/mol. The van der Waals surface area contributed by atoms with Gasteiger partial charge in [-0.3, -0.25) is 0 Å². The molecule has 0 spiro atoms. The van der Waals surface area contributed by atoms with Gasteiger partial charge in [0.1, 0.15) is 0 Å². The Labute approximate surface area is 67.7 Å². The topological polar surface area (TPSA) is 20.2 Å². The molecule has 0 bridgehead atoms. The van der Waals surface area contributed by atoms with Crippen LogP contribution in [0.25, 0.3) is 0 Å². The lowest BCUT2D eigenvalue weighted by molar-refractivity contribution is 0.469. The molecule has 0 radical (unpaired) electrons. The smallest absolute Gasteiger partial charge is 0.0866 e. The molecule has 0 amide bonds. The molecule has 0 aromatic heterocycles.